The monoisotopic (exact) mass is 333 g/mol. The third-order valence-electron chi connectivity index (χ3n) is 3.98. The van der Waals surface area contributed by atoms with E-state index < -0.39 is 15.7 Å². The molecule has 0 radical (unpaired) electrons. The number of rotatable bonds is 5. The fraction of sp³-hybridized carbons (Fsp3) is 0.600. The van der Waals surface area contributed by atoms with E-state index in [1.54, 1.807) is 6.07 Å². The quantitative estimate of drug-likeness (QED) is 0.901. The van der Waals surface area contributed by atoms with Gasteiger partial charge in [0.15, 0.2) is 9.84 Å². The maximum Gasteiger partial charge on any atom is 0.154 e. The van der Waals surface area contributed by atoms with Crippen LogP contribution in [0, 0.1) is 5.82 Å². The first kappa shape index (κ1) is 16.7. The van der Waals surface area contributed by atoms with Gasteiger partial charge in [-0.05, 0) is 43.5 Å². The van der Waals surface area contributed by atoms with Crippen LogP contribution in [0.4, 0.5) is 4.39 Å². The van der Waals surface area contributed by atoms with Crippen LogP contribution in [0.5, 0.6) is 0 Å². The van der Waals surface area contributed by atoms with Gasteiger partial charge in [0.2, 0.25) is 0 Å². The molecule has 0 amide bonds. The Morgan fingerprint density at radius 1 is 1.43 bits per heavy atom. The van der Waals surface area contributed by atoms with Gasteiger partial charge >= 0.3 is 0 Å². The predicted molar refractivity (Wildman–Crippen MR) is 84.0 cm³/mol. The Bertz CT molecular complexity index is 591. The van der Waals surface area contributed by atoms with Gasteiger partial charge < -0.3 is 5.32 Å². The summed E-state index contributed by atoms with van der Waals surface area (Å²) < 4.78 is 38.1. The number of likely N-dealkylation sites (N-methyl/N-ethyl adjacent to an activating group) is 1. The molecular formula is C15H21ClFNO2S. The molecule has 0 saturated carbocycles. The zero-order valence-corrected chi connectivity index (χ0v) is 13.7. The highest BCUT2D eigenvalue weighted by Crippen LogP contribution is 2.25. The minimum atomic E-state index is -3.07. The van der Waals surface area contributed by atoms with Gasteiger partial charge in [-0.25, -0.2) is 12.8 Å². The minimum Gasteiger partial charge on any atom is -0.313 e. The molecule has 1 aromatic rings. The predicted octanol–water partition coefficient (Wildman–Crippen LogP) is 2.97. The molecule has 1 heterocycles. The Kier molecular flexibility index (Phi) is 5.63. The van der Waals surface area contributed by atoms with E-state index in [1.807, 2.05) is 6.92 Å². The van der Waals surface area contributed by atoms with Gasteiger partial charge in [0.25, 0.3) is 0 Å². The summed E-state index contributed by atoms with van der Waals surface area (Å²) in [6.07, 6.45) is 2.84. The molecule has 0 aliphatic carbocycles. The summed E-state index contributed by atoms with van der Waals surface area (Å²) in [5, 5.41) is 2.96. The molecule has 2 atom stereocenters. The average Bonchev–Trinajstić information content (AvgIpc) is 2.42. The Hall–Kier alpha value is -0.650. The molecule has 3 nitrogen and oxygen atoms in total. The van der Waals surface area contributed by atoms with E-state index >= 15 is 0 Å². The molecule has 2 rings (SSSR count). The zero-order valence-electron chi connectivity index (χ0n) is 12.1. The molecule has 1 aliphatic rings. The number of sulfone groups is 1. The van der Waals surface area contributed by atoms with Crippen LogP contribution in [-0.4, -0.2) is 32.0 Å². The van der Waals surface area contributed by atoms with Gasteiger partial charge in [0.1, 0.15) is 5.82 Å². The number of halogens is 2. The van der Waals surface area contributed by atoms with Crippen LogP contribution in [0.15, 0.2) is 18.2 Å². The van der Waals surface area contributed by atoms with E-state index in [-0.39, 0.29) is 22.1 Å². The summed E-state index contributed by atoms with van der Waals surface area (Å²) in [6, 6.07) is 4.48. The average molecular weight is 334 g/mol. The first-order valence-corrected chi connectivity index (χ1v) is 9.42. The number of benzene rings is 1. The van der Waals surface area contributed by atoms with Crippen molar-refractivity contribution in [1.82, 2.24) is 5.32 Å². The van der Waals surface area contributed by atoms with Crippen molar-refractivity contribution in [2.75, 3.05) is 12.3 Å². The van der Waals surface area contributed by atoms with E-state index in [4.69, 9.17) is 11.6 Å². The third kappa shape index (κ3) is 4.18. The van der Waals surface area contributed by atoms with Crippen molar-refractivity contribution >= 4 is 21.4 Å². The van der Waals surface area contributed by atoms with Crippen LogP contribution in [0.1, 0.15) is 31.7 Å². The lowest BCUT2D eigenvalue weighted by atomic mass is 9.99. The lowest BCUT2D eigenvalue weighted by Crippen LogP contribution is -2.47. The summed E-state index contributed by atoms with van der Waals surface area (Å²) in [7, 11) is -3.07. The normalized spacial score (nSPS) is 22.9. The maximum atomic E-state index is 13.5. The molecule has 2 unspecified atom stereocenters. The highest BCUT2D eigenvalue weighted by Gasteiger charge is 2.35. The Balaban J connectivity index is 2.20. The molecule has 6 heteroatoms. The van der Waals surface area contributed by atoms with Crippen LogP contribution in [0.25, 0.3) is 0 Å². The minimum absolute atomic E-state index is 0.0871. The van der Waals surface area contributed by atoms with Crippen LogP contribution >= 0.6 is 11.6 Å². The van der Waals surface area contributed by atoms with E-state index in [0.29, 0.717) is 19.4 Å². The number of hydrogen-bond acceptors (Lipinski definition) is 3. The van der Waals surface area contributed by atoms with Crippen molar-refractivity contribution in [3.63, 3.8) is 0 Å². The lowest BCUT2D eigenvalue weighted by molar-refractivity contribution is 0.440. The highest BCUT2D eigenvalue weighted by molar-refractivity contribution is 7.92. The lowest BCUT2D eigenvalue weighted by Gasteiger charge is -2.30. The molecule has 1 aromatic carbocycles. The van der Waals surface area contributed by atoms with Gasteiger partial charge in [-0.15, -0.1) is 0 Å². The molecule has 1 N–H and O–H groups in total. The molecular weight excluding hydrogens is 313 g/mol. The summed E-state index contributed by atoms with van der Waals surface area (Å²) in [4.78, 5) is 0. The first-order chi connectivity index (χ1) is 9.94. The SMILES string of the molecule is CCNC(Cc1ccc(Cl)c(F)c1)C1CCCCS1(=O)=O. The second-order valence-corrected chi connectivity index (χ2v) is 8.26. The largest absolute Gasteiger partial charge is 0.313 e. The van der Waals surface area contributed by atoms with Crippen molar-refractivity contribution in [2.24, 2.45) is 0 Å². The standard InChI is InChI=1S/C15H21ClFNO2S/c1-2-18-14(15-5-3-4-8-21(15,19)20)10-11-6-7-12(16)13(17)9-11/h6-7,9,14-15,18H,2-5,8,10H2,1H3. The fourth-order valence-electron chi connectivity index (χ4n) is 2.95. The second kappa shape index (κ2) is 7.07. The van der Waals surface area contributed by atoms with Crippen molar-refractivity contribution in [1.29, 1.82) is 0 Å². The Morgan fingerprint density at radius 2 is 2.19 bits per heavy atom. The van der Waals surface area contributed by atoms with Gasteiger partial charge in [-0.3, -0.25) is 0 Å². The summed E-state index contributed by atoms with van der Waals surface area (Å²) in [6.45, 7) is 2.64. The molecule has 118 valence electrons. The molecule has 0 aromatic heterocycles. The van der Waals surface area contributed by atoms with Gasteiger partial charge in [0.05, 0.1) is 16.0 Å². The van der Waals surface area contributed by atoms with Gasteiger partial charge in [-0.2, -0.15) is 0 Å². The van der Waals surface area contributed by atoms with E-state index in [9.17, 15) is 12.8 Å². The maximum absolute atomic E-state index is 13.5. The molecule has 1 saturated heterocycles. The summed E-state index contributed by atoms with van der Waals surface area (Å²) in [5.41, 5.74) is 0.767. The highest BCUT2D eigenvalue weighted by atomic mass is 35.5. The van der Waals surface area contributed by atoms with Gasteiger partial charge in [0, 0.05) is 6.04 Å². The topological polar surface area (TPSA) is 46.2 Å². The molecule has 21 heavy (non-hydrogen) atoms. The summed E-state index contributed by atoms with van der Waals surface area (Å²) in [5.74, 6) is -0.204. The third-order valence-corrected chi connectivity index (χ3v) is 6.63. The van der Waals surface area contributed by atoms with Crippen molar-refractivity contribution in [2.45, 2.75) is 43.9 Å². The van der Waals surface area contributed by atoms with Crippen molar-refractivity contribution in [3.8, 4) is 0 Å². The van der Waals surface area contributed by atoms with Crippen molar-refractivity contribution in [3.05, 3.63) is 34.6 Å². The molecule has 1 aliphatic heterocycles. The number of nitrogens with one attached hydrogen (secondary N) is 1. The van der Waals surface area contributed by atoms with Crippen molar-refractivity contribution < 1.29 is 12.8 Å². The number of hydrogen-bond donors (Lipinski definition) is 1. The van der Waals surface area contributed by atoms with Crippen LogP contribution in [0.2, 0.25) is 5.02 Å². The summed E-state index contributed by atoms with van der Waals surface area (Å²) >= 11 is 5.69. The molecule has 0 spiro atoms. The van der Waals surface area contributed by atoms with Crippen LogP contribution in [0.3, 0.4) is 0 Å². The zero-order chi connectivity index (χ0) is 15.5. The molecule has 1 fully saturated rings. The van der Waals surface area contributed by atoms with E-state index in [1.165, 1.54) is 12.1 Å². The fourth-order valence-corrected chi connectivity index (χ4v) is 5.19. The first-order valence-electron chi connectivity index (χ1n) is 7.33. The molecule has 0 bridgehead atoms. The van der Waals surface area contributed by atoms with Gasteiger partial charge in [-0.1, -0.05) is 31.0 Å². The Labute approximate surface area is 130 Å². The second-order valence-electron chi connectivity index (χ2n) is 5.52. The smallest absolute Gasteiger partial charge is 0.154 e. The Morgan fingerprint density at radius 3 is 2.81 bits per heavy atom. The van der Waals surface area contributed by atoms with E-state index in [2.05, 4.69) is 5.32 Å². The van der Waals surface area contributed by atoms with Crippen LogP contribution < -0.4 is 5.32 Å². The van der Waals surface area contributed by atoms with Crippen LogP contribution in [-0.2, 0) is 16.3 Å². The van der Waals surface area contributed by atoms with E-state index in [0.717, 1.165) is 18.4 Å².